The second kappa shape index (κ2) is 7.62. The lowest BCUT2D eigenvalue weighted by Crippen LogP contribution is -2.38. The minimum Gasteiger partial charge on any atom is -0.357 e. The van der Waals surface area contributed by atoms with Gasteiger partial charge in [-0.15, -0.1) is 11.3 Å². The zero-order valence-electron chi connectivity index (χ0n) is 12.8. The first kappa shape index (κ1) is 15.3. The van der Waals surface area contributed by atoms with Crippen LogP contribution in [0.5, 0.6) is 0 Å². The highest BCUT2D eigenvalue weighted by atomic mass is 32.1. The largest absolute Gasteiger partial charge is 0.357 e. The molecule has 2 rings (SSSR count). The van der Waals surface area contributed by atoms with E-state index in [1.165, 1.54) is 28.4 Å². The van der Waals surface area contributed by atoms with Crippen LogP contribution in [0.4, 0.5) is 0 Å². The molecule has 112 valence electrons. The van der Waals surface area contributed by atoms with Gasteiger partial charge in [0.05, 0.1) is 10.7 Å². The fraction of sp³-hybridized carbons (Fsp3) is 0.733. The van der Waals surface area contributed by atoms with Gasteiger partial charge in [-0.25, -0.2) is 4.98 Å². The van der Waals surface area contributed by atoms with E-state index < -0.39 is 0 Å². The third kappa shape index (κ3) is 4.78. The number of nitrogens with one attached hydrogen (secondary N) is 2. The van der Waals surface area contributed by atoms with Gasteiger partial charge in [0.25, 0.3) is 0 Å². The van der Waals surface area contributed by atoms with E-state index in [1.54, 1.807) is 0 Å². The van der Waals surface area contributed by atoms with Crippen molar-refractivity contribution in [1.29, 1.82) is 0 Å². The van der Waals surface area contributed by atoms with Gasteiger partial charge in [-0.3, -0.25) is 4.99 Å². The summed E-state index contributed by atoms with van der Waals surface area (Å²) in [6.45, 7) is 9.20. The lowest BCUT2D eigenvalue weighted by Gasteiger charge is -2.10. The third-order valence-electron chi connectivity index (χ3n) is 3.45. The van der Waals surface area contributed by atoms with Gasteiger partial charge in [-0.1, -0.05) is 6.92 Å². The summed E-state index contributed by atoms with van der Waals surface area (Å²) in [5, 5.41) is 7.93. The van der Waals surface area contributed by atoms with Crippen molar-refractivity contribution in [1.82, 2.24) is 15.6 Å². The summed E-state index contributed by atoms with van der Waals surface area (Å²) in [6, 6.07) is 0. The highest BCUT2D eigenvalue weighted by molar-refractivity contribution is 7.11. The Labute approximate surface area is 126 Å². The fourth-order valence-corrected chi connectivity index (χ4v) is 3.09. The van der Waals surface area contributed by atoms with Gasteiger partial charge in [-0.05, 0) is 39.0 Å². The summed E-state index contributed by atoms with van der Waals surface area (Å²) in [5.74, 6) is 1.78. The number of hydrogen-bond donors (Lipinski definition) is 2. The average Bonchev–Trinajstić information content (AvgIpc) is 3.19. The van der Waals surface area contributed by atoms with Crippen LogP contribution >= 0.6 is 11.3 Å². The summed E-state index contributed by atoms with van der Waals surface area (Å²) in [5.41, 5.74) is 1.25. The van der Waals surface area contributed by atoms with E-state index in [0.29, 0.717) is 0 Å². The number of aromatic nitrogens is 1. The SMILES string of the molecule is CCNC(=NCC1CC1)NCCc1nc(CC)c(C)s1. The number of nitrogens with zero attached hydrogens (tertiary/aromatic N) is 2. The molecule has 1 aliphatic carbocycles. The number of guanidine groups is 1. The maximum atomic E-state index is 4.67. The quantitative estimate of drug-likeness (QED) is 0.600. The molecule has 0 aromatic carbocycles. The van der Waals surface area contributed by atoms with E-state index in [-0.39, 0.29) is 0 Å². The van der Waals surface area contributed by atoms with Crippen LogP contribution in [0.15, 0.2) is 4.99 Å². The molecule has 0 aliphatic heterocycles. The van der Waals surface area contributed by atoms with Crippen molar-refractivity contribution in [2.75, 3.05) is 19.6 Å². The van der Waals surface area contributed by atoms with Crippen molar-refractivity contribution in [3.05, 3.63) is 15.6 Å². The molecular weight excluding hydrogens is 268 g/mol. The van der Waals surface area contributed by atoms with E-state index in [4.69, 9.17) is 0 Å². The van der Waals surface area contributed by atoms with Gasteiger partial charge in [0.1, 0.15) is 0 Å². The second-order valence-electron chi connectivity index (χ2n) is 5.30. The van der Waals surface area contributed by atoms with Gasteiger partial charge in [0, 0.05) is 30.9 Å². The molecule has 1 aliphatic rings. The molecule has 0 atom stereocenters. The molecule has 0 amide bonds. The van der Waals surface area contributed by atoms with Crippen molar-refractivity contribution < 1.29 is 0 Å². The first-order valence-corrected chi connectivity index (χ1v) is 8.51. The number of aryl methyl sites for hydroxylation is 2. The zero-order valence-corrected chi connectivity index (χ0v) is 13.6. The standard InChI is InChI=1S/C15H26N4S/c1-4-13-11(3)20-14(19-13)8-9-17-15(16-5-2)18-10-12-6-7-12/h12H,4-10H2,1-3H3,(H2,16,17,18). The number of aliphatic imine (C=N–C) groups is 1. The number of thiazole rings is 1. The van der Waals surface area contributed by atoms with Crippen LogP contribution in [0.2, 0.25) is 0 Å². The first-order valence-electron chi connectivity index (χ1n) is 7.70. The Morgan fingerprint density at radius 3 is 2.75 bits per heavy atom. The molecule has 0 bridgehead atoms. The lowest BCUT2D eigenvalue weighted by atomic mass is 10.3. The van der Waals surface area contributed by atoms with Crippen LogP contribution in [0.3, 0.4) is 0 Å². The molecule has 1 heterocycles. The number of rotatable bonds is 7. The molecule has 2 N–H and O–H groups in total. The fourth-order valence-electron chi connectivity index (χ4n) is 2.07. The summed E-state index contributed by atoms with van der Waals surface area (Å²) in [6.07, 6.45) is 4.70. The molecule has 1 saturated carbocycles. The maximum Gasteiger partial charge on any atom is 0.191 e. The molecule has 0 saturated heterocycles. The predicted octanol–water partition coefficient (Wildman–Crippen LogP) is 2.52. The topological polar surface area (TPSA) is 49.3 Å². The van der Waals surface area contributed by atoms with Crippen molar-refractivity contribution in [3.63, 3.8) is 0 Å². The van der Waals surface area contributed by atoms with Crippen LogP contribution in [0, 0.1) is 12.8 Å². The molecule has 1 aromatic rings. The highest BCUT2D eigenvalue weighted by Gasteiger charge is 2.20. The summed E-state index contributed by atoms with van der Waals surface area (Å²) < 4.78 is 0. The smallest absolute Gasteiger partial charge is 0.191 e. The Morgan fingerprint density at radius 2 is 2.15 bits per heavy atom. The van der Waals surface area contributed by atoms with Gasteiger partial charge < -0.3 is 10.6 Å². The van der Waals surface area contributed by atoms with Crippen molar-refractivity contribution in [2.24, 2.45) is 10.9 Å². The van der Waals surface area contributed by atoms with Crippen LogP contribution in [-0.4, -0.2) is 30.6 Å². The van der Waals surface area contributed by atoms with Gasteiger partial charge in [-0.2, -0.15) is 0 Å². The van der Waals surface area contributed by atoms with E-state index in [9.17, 15) is 0 Å². The van der Waals surface area contributed by atoms with Gasteiger partial charge in [0.2, 0.25) is 0 Å². The molecule has 20 heavy (non-hydrogen) atoms. The molecular formula is C15H26N4S. The molecule has 4 nitrogen and oxygen atoms in total. The second-order valence-corrected chi connectivity index (χ2v) is 6.59. The van der Waals surface area contributed by atoms with Crippen LogP contribution < -0.4 is 10.6 Å². The van der Waals surface area contributed by atoms with Crippen molar-refractivity contribution in [2.45, 2.75) is 46.5 Å². The van der Waals surface area contributed by atoms with Crippen LogP contribution in [0.25, 0.3) is 0 Å². The van der Waals surface area contributed by atoms with Gasteiger partial charge in [0.15, 0.2) is 5.96 Å². The van der Waals surface area contributed by atoms with Crippen LogP contribution in [-0.2, 0) is 12.8 Å². The summed E-state index contributed by atoms with van der Waals surface area (Å²) >= 11 is 1.82. The van der Waals surface area contributed by atoms with E-state index in [0.717, 1.165) is 44.4 Å². The summed E-state index contributed by atoms with van der Waals surface area (Å²) in [7, 11) is 0. The van der Waals surface area contributed by atoms with Crippen molar-refractivity contribution in [3.8, 4) is 0 Å². The van der Waals surface area contributed by atoms with Crippen molar-refractivity contribution >= 4 is 17.3 Å². The minimum atomic E-state index is 0.833. The molecule has 1 fully saturated rings. The van der Waals surface area contributed by atoms with Crippen LogP contribution in [0.1, 0.15) is 42.3 Å². The Kier molecular flexibility index (Phi) is 5.83. The zero-order chi connectivity index (χ0) is 14.4. The predicted molar refractivity (Wildman–Crippen MR) is 86.6 cm³/mol. The van der Waals surface area contributed by atoms with E-state index >= 15 is 0 Å². The molecule has 0 spiro atoms. The van der Waals surface area contributed by atoms with Gasteiger partial charge >= 0.3 is 0 Å². The third-order valence-corrected chi connectivity index (χ3v) is 4.52. The minimum absolute atomic E-state index is 0.833. The molecule has 1 aromatic heterocycles. The average molecular weight is 294 g/mol. The number of hydrogen-bond acceptors (Lipinski definition) is 3. The Morgan fingerprint density at radius 1 is 1.35 bits per heavy atom. The highest BCUT2D eigenvalue weighted by Crippen LogP contribution is 2.28. The Hall–Kier alpha value is -1.10. The maximum absolute atomic E-state index is 4.67. The summed E-state index contributed by atoms with van der Waals surface area (Å²) in [4.78, 5) is 10.7. The molecule has 0 unspecified atom stereocenters. The molecule has 0 radical (unpaired) electrons. The monoisotopic (exact) mass is 294 g/mol. The first-order chi connectivity index (χ1) is 9.72. The molecule has 5 heteroatoms. The van der Waals surface area contributed by atoms with E-state index in [1.807, 2.05) is 11.3 Å². The Balaban J connectivity index is 1.77. The Bertz CT molecular complexity index is 449. The van der Waals surface area contributed by atoms with E-state index in [2.05, 4.69) is 41.4 Å². The normalized spacial score (nSPS) is 15.4. The lowest BCUT2D eigenvalue weighted by molar-refractivity contribution is 0.773.